The van der Waals surface area contributed by atoms with Crippen LogP contribution in [0.1, 0.15) is 17.5 Å². The number of hydrogen-bond donors (Lipinski definition) is 3. The van der Waals surface area contributed by atoms with Gasteiger partial charge in [0.1, 0.15) is 5.75 Å². The minimum Gasteiger partial charge on any atom is -0.494 e. The highest BCUT2D eigenvalue weighted by atomic mass is 16.5. The van der Waals surface area contributed by atoms with Gasteiger partial charge in [-0.15, -0.1) is 0 Å². The van der Waals surface area contributed by atoms with Crippen LogP contribution >= 0.6 is 0 Å². The van der Waals surface area contributed by atoms with Crippen LogP contribution in [0, 0.1) is 0 Å². The van der Waals surface area contributed by atoms with Crippen molar-refractivity contribution in [2.45, 2.75) is 12.0 Å². The fourth-order valence-electron chi connectivity index (χ4n) is 2.18. The molecule has 2 aromatic rings. The Hall–Kier alpha value is -2.37. The molecule has 0 aliphatic rings. The van der Waals surface area contributed by atoms with Gasteiger partial charge in [0.05, 0.1) is 6.61 Å². The normalized spacial score (nSPS) is 13.4. The van der Waals surface area contributed by atoms with E-state index in [0.717, 1.165) is 0 Å². The summed E-state index contributed by atoms with van der Waals surface area (Å²) in [6.45, 7) is 0.958. The third kappa shape index (κ3) is 3.27. The maximum absolute atomic E-state index is 11.7. The quantitative estimate of drug-likeness (QED) is 0.677. The number of benzene rings is 2. The molecule has 2 rings (SSSR count). The van der Waals surface area contributed by atoms with E-state index in [1.165, 1.54) is 6.07 Å². The van der Waals surface area contributed by atoms with E-state index in [2.05, 4.69) is 0 Å². The standard InChI is InChI=1S/C17H19NO4/c18-10-5-11-22-15-9-4-8-14(12-15)17(21,16(19)20)13-6-2-1-3-7-13/h1-4,6-9,12,21H,5,10-11,18H2,(H,19,20). The van der Waals surface area contributed by atoms with Crippen LogP contribution in [0.4, 0.5) is 0 Å². The van der Waals surface area contributed by atoms with Gasteiger partial charge in [0.15, 0.2) is 0 Å². The van der Waals surface area contributed by atoms with Gasteiger partial charge < -0.3 is 20.7 Å². The molecule has 116 valence electrons. The van der Waals surface area contributed by atoms with E-state index in [0.29, 0.717) is 30.9 Å². The van der Waals surface area contributed by atoms with Gasteiger partial charge in [0.25, 0.3) is 0 Å². The van der Waals surface area contributed by atoms with Crippen molar-refractivity contribution < 1.29 is 19.7 Å². The zero-order chi connectivity index (χ0) is 16.0. The second kappa shape index (κ2) is 7.06. The Morgan fingerprint density at radius 3 is 2.41 bits per heavy atom. The summed E-state index contributed by atoms with van der Waals surface area (Å²) < 4.78 is 5.51. The van der Waals surface area contributed by atoms with Crippen molar-refractivity contribution in [3.05, 3.63) is 65.7 Å². The number of aliphatic hydroxyl groups is 1. The van der Waals surface area contributed by atoms with E-state index in [4.69, 9.17) is 10.5 Å². The molecule has 5 nitrogen and oxygen atoms in total. The van der Waals surface area contributed by atoms with Crippen LogP contribution in [0.5, 0.6) is 5.75 Å². The van der Waals surface area contributed by atoms with E-state index in [9.17, 15) is 15.0 Å². The van der Waals surface area contributed by atoms with Gasteiger partial charge in [-0.25, -0.2) is 4.79 Å². The molecule has 2 aromatic carbocycles. The van der Waals surface area contributed by atoms with Gasteiger partial charge in [-0.2, -0.15) is 0 Å². The summed E-state index contributed by atoms with van der Waals surface area (Å²) in [4.78, 5) is 11.7. The van der Waals surface area contributed by atoms with Crippen molar-refractivity contribution in [3.8, 4) is 5.75 Å². The molecule has 0 bridgehead atoms. The first kappa shape index (κ1) is 16.0. The Labute approximate surface area is 129 Å². The molecule has 0 amide bonds. The van der Waals surface area contributed by atoms with Gasteiger partial charge in [-0.3, -0.25) is 0 Å². The third-order valence-electron chi connectivity index (χ3n) is 3.37. The first-order valence-corrected chi connectivity index (χ1v) is 7.03. The molecule has 0 heterocycles. The Morgan fingerprint density at radius 1 is 1.09 bits per heavy atom. The number of hydrogen-bond acceptors (Lipinski definition) is 4. The van der Waals surface area contributed by atoms with Crippen molar-refractivity contribution >= 4 is 5.97 Å². The molecular weight excluding hydrogens is 282 g/mol. The summed E-state index contributed by atoms with van der Waals surface area (Å²) in [6, 6.07) is 14.8. The molecule has 0 aliphatic carbocycles. The summed E-state index contributed by atoms with van der Waals surface area (Å²) in [5.41, 5.74) is 3.83. The van der Waals surface area contributed by atoms with Crippen LogP contribution in [0.3, 0.4) is 0 Å². The van der Waals surface area contributed by atoms with E-state index < -0.39 is 11.6 Å². The molecule has 1 unspecified atom stereocenters. The number of carboxylic acids is 1. The zero-order valence-corrected chi connectivity index (χ0v) is 12.1. The van der Waals surface area contributed by atoms with Crippen LogP contribution in [0.2, 0.25) is 0 Å². The molecule has 4 N–H and O–H groups in total. The lowest BCUT2D eigenvalue weighted by atomic mass is 9.86. The average Bonchev–Trinajstić information content (AvgIpc) is 2.55. The maximum atomic E-state index is 11.7. The largest absolute Gasteiger partial charge is 0.494 e. The highest BCUT2D eigenvalue weighted by Gasteiger charge is 2.40. The average molecular weight is 301 g/mol. The number of carbonyl (C=O) groups is 1. The van der Waals surface area contributed by atoms with Crippen LogP contribution in [0.25, 0.3) is 0 Å². The van der Waals surface area contributed by atoms with Gasteiger partial charge >= 0.3 is 5.97 Å². The van der Waals surface area contributed by atoms with E-state index in [-0.39, 0.29) is 5.56 Å². The molecule has 1 atom stereocenters. The van der Waals surface area contributed by atoms with Gasteiger partial charge in [-0.1, -0.05) is 42.5 Å². The molecule has 0 aromatic heterocycles. The summed E-state index contributed by atoms with van der Waals surface area (Å²) in [6.07, 6.45) is 0.701. The maximum Gasteiger partial charge on any atom is 0.345 e. The van der Waals surface area contributed by atoms with E-state index in [1.807, 2.05) is 0 Å². The summed E-state index contributed by atoms with van der Waals surface area (Å²) in [7, 11) is 0. The minimum atomic E-state index is -2.12. The van der Waals surface area contributed by atoms with Crippen molar-refractivity contribution in [2.75, 3.05) is 13.2 Å². The number of carboxylic acid groups (broad SMARTS) is 1. The second-order valence-electron chi connectivity index (χ2n) is 4.90. The minimum absolute atomic E-state index is 0.247. The Bertz CT molecular complexity index is 630. The Balaban J connectivity index is 2.37. The van der Waals surface area contributed by atoms with Crippen LogP contribution in [-0.4, -0.2) is 29.3 Å². The Morgan fingerprint density at radius 2 is 1.77 bits per heavy atom. The topological polar surface area (TPSA) is 92.8 Å². The van der Waals surface area contributed by atoms with Gasteiger partial charge in [0.2, 0.25) is 5.60 Å². The molecule has 22 heavy (non-hydrogen) atoms. The molecule has 0 fully saturated rings. The smallest absolute Gasteiger partial charge is 0.345 e. The Kier molecular flexibility index (Phi) is 5.14. The van der Waals surface area contributed by atoms with Crippen molar-refractivity contribution in [3.63, 3.8) is 0 Å². The van der Waals surface area contributed by atoms with E-state index in [1.54, 1.807) is 48.5 Å². The lowest BCUT2D eigenvalue weighted by Crippen LogP contribution is -2.36. The summed E-state index contributed by atoms with van der Waals surface area (Å²) in [5, 5.41) is 20.3. The summed E-state index contributed by atoms with van der Waals surface area (Å²) in [5.74, 6) is -0.834. The fraction of sp³-hybridized carbons (Fsp3) is 0.235. The monoisotopic (exact) mass is 301 g/mol. The second-order valence-corrected chi connectivity index (χ2v) is 4.90. The van der Waals surface area contributed by atoms with Gasteiger partial charge in [0, 0.05) is 5.56 Å². The lowest BCUT2D eigenvalue weighted by molar-refractivity contribution is -0.155. The highest BCUT2D eigenvalue weighted by molar-refractivity contribution is 5.83. The predicted octanol–water partition coefficient (Wildman–Crippen LogP) is 1.73. The molecule has 0 saturated heterocycles. The number of ether oxygens (including phenoxy) is 1. The molecule has 0 aliphatic heterocycles. The first-order chi connectivity index (χ1) is 10.6. The zero-order valence-electron chi connectivity index (χ0n) is 12.1. The molecular formula is C17H19NO4. The number of aliphatic carboxylic acids is 1. The lowest BCUT2D eigenvalue weighted by Gasteiger charge is -2.25. The van der Waals surface area contributed by atoms with Gasteiger partial charge in [-0.05, 0) is 30.7 Å². The predicted molar refractivity (Wildman–Crippen MR) is 82.7 cm³/mol. The third-order valence-corrected chi connectivity index (χ3v) is 3.37. The molecule has 0 radical (unpaired) electrons. The van der Waals surface area contributed by atoms with Crippen molar-refractivity contribution in [1.82, 2.24) is 0 Å². The number of rotatable bonds is 7. The van der Waals surface area contributed by atoms with Crippen LogP contribution in [-0.2, 0) is 10.4 Å². The summed E-state index contributed by atoms with van der Waals surface area (Å²) >= 11 is 0. The fourth-order valence-corrected chi connectivity index (χ4v) is 2.18. The van der Waals surface area contributed by atoms with Crippen molar-refractivity contribution in [2.24, 2.45) is 5.73 Å². The molecule has 0 spiro atoms. The highest BCUT2D eigenvalue weighted by Crippen LogP contribution is 2.32. The SMILES string of the molecule is NCCCOc1cccc(C(O)(C(=O)O)c2ccccc2)c1. The van der Waals surface area contributed by atoms with Crippen LogP contribution < -0.4 is 10.5 Å². The van der Waals surface area contributed by atoms with E-state index >= 15 is 0 Å². The van der Waals surface area contributed by atoms with Crippen LogP contribution in [0.15, 0.2) is 54.6 Å². The first-order valence-electron chi connectivity index (χ1n) is 7.03. The molecule has 0 saturated carbocycles. The van der Waals surface area contributed by atoms with Crippen molar-refractivity contribution in [1.29, 1.82) is 0 Å². The number of nitrogens with two attached hydrogens (primary N) is 1. The molecule has 5 heteroatoms.